The van der Waals surface area contributed by atoms with Gasteiger partial charge >= 0.3 is 0 Å². The van der Waals surface area contributed by atoms with Crippen LogP contribution in [0, 0.1) is 0 Å². The number of hydrogen-bond donors (Lipinski definition) is 0. The van der Waals surface area contributed by atoms with Crippen molar-refractivity contribution in [3.63, 3.8) is 0 Å². The van der Waals surface area contributed by atoms with E-state index >= 15 is 0 Å². The monoisotopic (exact) mass is 507 g/mol. The predicted octanol–water partition coefficient (Wildman–Crippen LogP) is 10.7. The molecular weight excluding hydrogens is 482 g/mol. The minimum atomic E-state index is 0.987. The molecule has 0 fully saturated rings. The highest BCUT2D eigenvalue weighted by atomic mass is 14.7. The van der Waals surface area contributed by atoms with Crippen molar-refractivity contribution in [2.24, 2.45) is 0 Å². The largest absolute Gasteiger partial charge is 0.248 e. The third-order valence-corrected chi connectivity index (χ3v) is 8.04. The summed E-state index contributed by atoms with van der Waals surface area (Å²) < 4.78 is 0. The van der Waals surface area contributed by atoms with E-state index in [1.54, 1.807) is 0 Å². The van der Waals surface area contributed by atoms with Gasteiger partial charge in [-0.3, -0.25) is 0 Å². The van der Waals surface area contributed by atoms with Crippen molar-refractivity contribution < 1.29 is 0 Å². The molecule has 0 aliphatic heterocycles. The zero-order chi connectivity index (χ0) is 26.5. The van der Waals surface area contributed by atoms with E-state index in [2.05, 4.69) is 152 Å². The molecule has 40 heavy (non-hydrogen) atoms. The second-order valence-electron chi connectivity index (χ2n) is 10.3. The lowest BCUT2D eigenvalue weighted by atomic mass is 9.86. The molecule has 1 aromatic heterocycles. The Morgan fingerprint density at radius 2 is 0.850 bits per heavy atom. The molecule has 0 bridgehead atoms. The highest BCUT2D eigenvalue weighted by molar-refractivity contribution is 6.21. The van der Waals surface area contributed by atoms with E-state index in [0.29, 0.717) is 0 Å². The van der Waals surface area contributed by atoms with Gasteiger partial charge in [0, 0.05) is 11.1 Å². The van der Waals surface area contributed by atoms with Gasteiger partial charge in [0.05, 0.1) is 11.4 Å². The summed E-state index contributed by atoms with van der Waals surface area (Å²) in [5.41, 5.74) is 6.81. The summed E-state index contributed by atoms with van der Waals surface area (Å²) in [4.78, 5) is 5.31. The zero-order valence-electron chi connectivity index (χ0n) is 21.9. The van der Waals surface area contributed by atoms with Crippen molar-refractivity contribution in [1.82, 2.24) is 4.98 Å². The van der Waals surface area contributed by atoms with Crippen molar-refractivity contribution in [2.45, 2.75) is 0 Å². The molecule has 0 aliphatic carbocycles. The fourth-order valence-electron chi connectivity index (χ4n) is 6.23. The molecule has 0 N–H and O–H groups in total. The van der Waals surface area contributed by atoms with Crippen LogP contribution < -0.4 is 0 Å². The molecule has 0 saturated heterocycles. The third-order valence-electron chi connectivity index (χ3n) is 8.04. The maximum Gasteiger partial charge on any atom is 0.0722 e. The van der Waals surface area contributed by atoms with Gasteiger partial charge in [0.25, 0.3) is 0 Å². The summed E-state index contributed by atoms with van der Waals surface area (Å²) in [6.07, 6.45) is 0. The Hall–Kier alpha value is -5.27. The number of aromatic nitrogens is 1. The number of hydrogen-bond acceptors (Lipinski definition) is 1. The fraction of sp³-hybridized carbons (Fsp3) is 0. The van der Waals surface area contributed by atoms with E-state index in [4.69, 9.17) is 4.98 Å². The van der Waals surface area contributed by atoms with Crippen LogP contribution in [0.4, 0.5) is 0 Å². The summed E-state index contributed by atoms with van der Waals surface area (Å²) in [5, 5.41) is 9.86. The first-order valence-corrected chi connectivity index (χ1v) is 13.7. The SMILES string of the molecule is c1cc(-c2cccc3ccccc23)nc(-c2c3ccccc3c(-c3ccc4ccccc4c3)c3ccccc23)c1. The van der Waals surface area contributed by atoms with Crippen LogP contribution in [0.2, 0.25) is 0 Å². The van der Waals surface area contributed by atoms with Crippen LogP contribution in [-0.2, 0) is 0 Å². The van der Waals surface area contributed by atoms with Gasteiger partial charge in [0.15, 0.2) is 0 Å². The van der Waals surface area contributed by atoms with Gasteiger partial charge < -0.3 is 0 Å². The Bertz CT molecular complexity index is 2160. The van der Waals surface area contributed by atoms with E-state index in [-0.39, 0.29) is 0 Å². The first-order chi connectivity index (χ1) is 19.8. The molecule has 0 unspecified atom stereocenters. The fourth-order valence-corrected chi connectivity index (χ4v) is 6.23. The number of benzene rings is 7. The van der Waals surface area contributed by atoms with Gasteiger partial charge in [-0.25, -0.2) is 4.98 Å². The normalized spacial score (nSPS) is 11.5. The van der Waals surface area contributed by atoms with Crippen LogP contribution in [-0.4, -0.2) is 4.98 Å². The van der Waals surface area contributed by atoms with Crippen LogP contribution in [0.1, 0.15) is 0 Å². The molecule has 186 valence electrons. The highest BCUT2D eigenvalue weighted by Gasteiger charge is 2.18. The summed E-state index contributed by atoms with van der Waals surface area (Å²) in [5.74, 6) is 0. The van der Waals surface area contributed by atoms with Gasteiger partial charge in [-0.2, -0.15) is 0 Å². The van der Waals surface area contributed by atoms with Crippen molar-refractivity contribution in [2.75, 3.05) is 0 Å². The summed E-state index contributed by atoms with van der Waals surface area (Å²) >= 11 is 0. The molecule has 1 nitrogen and oxygen atoms in total. The predicted molar refractivity (Wildman–Crippen MR) is 171 cm³/mol. The molecule has 8 rings (SSSR count). The van der Waals surface area contributed by atoms with Crippen molar-refractivity contribution in [3.8, 4) is 33.6 Å². The van der Waals surface area contributed by atoms with Gasteiger partial charge in [0.2, 0.25) is 0 Å². The average molecular weight is 508 g/mol. The lowest BCUT2D eigenvalue weighted by molar-refractivity contribution is 1.34. The van der Waals surface area contributed by atoms with Crippen LogP contribution in [0.25, 0.3) is 76.7 Å². The van der Waals surface area contributed by atoms with E-state index in [0.717, 1.165) is 17.0 Å². The second kappa shape index (κ2) is 9.18. The minimum Gasteiger partial charge on any atom is -0.248 e. The van der Waals surface area contributed by atoms with E-state index in [1.165, 1.54) is 59.8 Å². The molecular formula is C39H25N. The molecule has 1 heterocycles. The second-order valence-corrected chi connectivity index (χ2v) is 10.3. The summed E-state index contributed by atoms with van der Waals surface area (Å²) in [6.45, 7) is 0. The van der Waals surface area contributed by atoms with E-state index < -0.39 is 0 Å². The minimum absolute atomic E-state index is 0.987. The quantitative estimate of drug-likeness (QED) is 0.217. The maximum absolute atomic E-state index is 5.31. The molecule has 0 aliphatic rings. The Labute approximate surface area is 233 Å². The topological polar surface area (TPSA) is 12.9 Å². The first kappa shape index (κ1) is 22.7. The van der Waals surface area contributed by atoms with Gasteiger partial charge in [-0.1, -0.05) is 133 Å². The first-order valence-electron chi connectivity index (χ1n) is 13.7. The lowest BCUT2D eigenvalue weighted by Gasteiger charge is -2.18. The lowest BCUT2D eigenvalue weighted by Crippen LogP contribution is -1.94. The van der Waals surface area contributed by atoms with E-state index in [1.807, 2.05) is 0 Å². The maximum atomic E-state index is 5.31. The van der Waals surface area contributed by atoms with Crippen LogP contribution >= 0.6 is 0 Å². The average Bonchev–Trinajstić information content (AvgIpc) is 3.03. The molecule has 0 amide bonds. The van der Waals surface area contributed by atoms with Crippen LogP contribution in [0.5, 0.6) is 0 Å². The zero-order valence-corrected chi connectivity index (χ0v) is 21.9. The smallest absolute Gasteiger partial charge is 0.0722 e. The van der Waals surface area contributed by atoms with Crippen molar-refractivity contribution >= 4 is 43.1 Å². The molecule has 1 heteroatoms. The van der Waals surface area contributed by atoms with E-state index in [9.17, 15) is 0 Å². The molecule has 8 aromatic rings. The number of nitrogens with zero attached hydrogens (tertiary/aromatic N) is 1. The highest BCUT2D eigenvalue weighted by Crippen LogP contribution is 2.44. The Balaban J connectivity index is 1.42. The summed E-state index contributed by atoms with van der Waals surface area (Å²) in [6, 6.07) is 54.4. The molecule has 0 saturated carbocycles. The third kappa shape index (κ3) is 3.60. The summed E-state index contributed by atoms with van der Waals surface area (Å²) in [7, 11) is 0. The Kier molecular flexibility index (Phi) is 5.21. The Morgan fingerprint density at radius 1 is 0.325 bits per heavy atom. The molecule has 0 atom stereocenters. The molecule has 7 aromatic carbocycles. The van der Waals surface area contributed by atoms with Crippen molar-refractivity contribution in [3.05, 3.63) is 152 Å². The van der Waals surface area contributed by atoms with Gasteiger partial charge in [-0.05, 0) is 72.4 Å². The van der Waals surface area contributed by atoms with Crippen molar-refractivity contribution in [1.29, 1.82) is 0 Å². The molecule has 0 spiro atoms. The molecule has 0 radical (unpaired) electrons. The standard InChI is InChI=1S/C39H25N/c1-2-13-28-25-29(24-23-26(28)11-1)38-32-16-5-7-18-34(32)39(35-19-8-6-17-33(35)38)37-22-10-21-36(40-37)31-20-9-14-27-12-3-4-15-30(27)31/h1-25H. The number of fused-ring (bicyclic) bond motifs is 4. The Morgan fingerprint density at radius 3 is 1.57 bits per heavy atom. The van der Waals surface area contributed by atoms with Crippen LogP contribution in [0.15, 0.2) is 152 Å². The van der Waals surface area contributed by atoms with Gasteiger partial charge in [0.1, 0.15) is 0 Å². The number of pyridine rings is 1. The van der Waals surface area contributed by atoms with Crippen LogP contribution in [0.3, 0.4) is 0 Å². The van der Waals surface area contributed by atoms with Gasteiger partial charge in [-0.15, -0.1) is 0 Å². The number of rotatable bonds is 3.